The van der Waals surface area contributed by atoms with Gasteiger partial charge in [0.25, 0.3) is 5.91 Å². The van der Waals surface area contributed by atoms with E-state index < -0.39 is 0 Å². The molecule has 3 rings (SSSR count). The first-order chi connectivity index (χ1) is 12.5. The largest absolute Gasteiger partial charge is 0.351 e. The predicted octanol–water partition coefficient (Wildman–Crippen LogP) is 3.89. The molecule has 1 aromatic carbocycles. The lowest BCUT2D eigenvalue weighted by atomic mass is 10.2. The van der Waals surface area contributed by atoms with Gasteiger partial charge < -0.3 is 9.42 Å². The van der Waals surface area contributed by atoms with Crippen molar-refractivity contribution in [2.45, 2.75) is 27.7 Å². The van der Waals surface area contributed by atoms with Gasteiger partial charge >= 0.3 is 0 Å². The van der Waals surface area contributed by atoms with E-state index in [1.54, 1.807) is 17.9 Å². The highest BCUT2D eigenvalue weighted by Crippen LogP contribution is 2.30. The van der Waals surface area contributed by atoms with Crippen LogP contribution in [0.25, 0.3) is 10.2 Å². The molecule has 26 heavy (non-hydrogen) atoms. The number of thiazole rings is 1. The second kappa shape index (κ2) is 7.97. The molecular formula is C19H24N4O2S. The van der Waals surface area contributed by atoms with E-state index in [2.05, 4.69) is 41.9 Å². The lowest BCUT2D eigenvalue weighted by Gasteiger charge is -2.23. The van der Waals surface area contributed by atoms with Gasteiger partial charge in [0.15, 0.2) is 5.13 Å². The molecule has 0 saturated carbocycles. The van der Waals surface area contributed by atoms with Gasteiger partial charge in [0.05, 0.1) is 15.9 Å². The van der Waals surface area contributed by atoms with E-state index in [1.165, 1.54) is 16.9 Å². The van der Waals surface area contributed by atoms with Gasteiger partial charge in [0, 0.05) is 19.2 Å². The Morgan fingerprint density at radius 2 is 1.92 bits per heavy atom. The zero-order chi connectivity index (χ0) is 18.7. The molecule has 0 radical (unpaired) electrons. The Morgan fingerprint density at radius 3 is 2.58 bits per heavy atom. The summed E-state index contributed by atoms with van der Waals surface area (Å²) in [6.07, 6.45) is 0. The van der Waals surface area contributed by atoms with Gasteiger partial charge in [-0.25, -0.2) is 4.98 Å². The van der Waals surface area contributed by atoms with Crippen LogP contribution in [-0.2, 0) is 0 Å². The maximum Gasteiger partial charge on any atom is 0.298 e. The molecule has 2 heterocycles. The van der Waals surface area contributed by atoms with Crippen LogP contribution in [0.2, 0.25) is 0 Å². The summed E-state index contributed by atoms with van der Waals surface area (Å²) in [4.78, 5) is 21.7. The Morgan fingerprint density at radius 1 is 1.15 bits per heavy atom. The summed E-state index contributed by atoms with van der Waals surface area (Å²) >= 11 is 1.53. The highest BCUT2D eigenvalue weighted by atomic mass is 32.1. The lowest BCUT2D eigenvalue weighted by Crippen LogP contribution is -2.38. The maximum absolute atomic E-state index is 13.0. The van der Waals surface area contributed by atoms with E-state index in [1.807, 2.05) is 12.1 Å². The molecule has 0 bridgehead atoms. The Hall–Kier alpha value is -2.25. The molecule has 0 aliphatic rings. The standard InChI is InChI=1S/C19H24N4O2S/c1-5-22(6-2)9-10-23(18(24)16-12-14(4)21-25-16)19-20-15-8-7-13(3)11-17(15)26-19/h7-8,11-12H,5-6,9-10H2,1-4H3. The zero-order valence-electron chi connectivity index (χ0n) is 15.7. The molecule has 0 fully saturated rings. The van der Waals surface area contributed by atoms with Crippen LogP contribution in [0.3, 0.4) is 0 Å². The molecule has 3 aromatic rings. The summed E-state index contributed by atoms with van der Waals surface area (Å²) in [5, 5.41) is 4.54. The number of likely N-dealkylation sites (N-methyl/N-ethyl adjacent to an activating group) is 1. The number of aromatic nitrogens is 2. The number of anilines is 1. The van der Waals surface area contributed by atoms with Crippen molar-refractivity contribution in [3.8, 4) is 0 Å². The second-order valence-corrected chi connectivity index (χ2v) is 7.29. The van der Waals surface area contributed by atoms with Crippen LogP contribution in [0, 0.1) is 13.8 Å². The Labute approximate surface area is 157 Å². The van der Waals surface area contributed by atoms with Crippen LogP contribution < -0.4 is 4.90 Å². The van der Waals surface area contributed by atoms with Crippen molar-refractivity contribution < 1.29 is 9.32 Å². The number of nitrogens with zero attached hydrogens (tertiary/aromatic N) is 4. The number of hydrogen-bond acceptors (Lipinski definition) is 6. The van der Waals surface area contributed by atoms with Gasteiger partial charge in [-0.1, -0.05) is 36.4 Å². The van der Waals surface area contributed by atoms with Crippen LogP contribution in [0.5, 0.6) is 0 Å². The normalized spacial score (nSPS) is 11.4. The SMILES string of the molecule is CCN(CC)CCN(C(=O)c1cc(C)no1)c1nc2ccc(C)cc2s1. The first-order valence-corrected chi connectivity index (χ1v) is 9.68. The molecule has 2 aromatic heterocycles. The van der Waals surface area contributed by atoms with Crippen LogP contribution in [-0.4, -0.2) is 47.1 Å². The third-order valence-electron chi connectivity index (χ3n) is 4.38. The van der Waals surface area contributed by atoms with E-state index in [4.69, 9.17) is 4.52 Å². The number of benzene rings is 1. The van der Waals surface area contributed by atoms with Crippen molar-refractivity contribution in [2.24, 2.45) is 0 Å². The molecule has 7 heteroatoms. The van der Waals surface area contributed by atoms with Gasteiger partial charge in [-0.3, -0.25) is 9.69 Å². The summed E-state index contributed by atoms with van der Waals surface area (Å²) in [5.41, 5.74) is 2.78. The number of amides is 1. The van der Waals surface area contributed by atoms with Crippen molar-refractivity contribution in [1.29, 1.82) is 0 Å². The van der Waals surface area contributed by atoms with Crippen molar-refractivity contribution in [3.05, 3.63) is 41.3 Å². The minimum absolute atomic E-state index is 0.200. The van der Waals surface area contributed by atoms with E-state index in [9.17, 15) is 4.79 Å². The molecular weight excluding hydrogens is 348 g/mol. The molecule has 0 N–H and O–H groups in total. The van der Waals surface area contributed by atoms with Crippen LogP contribution in [0.15, 0.2) is 28.8 Å². The van der Waals surface area contributed by atoms with Crippen molar-refractivity contribution in [3.63, 3.8) is 0 Å². The Bertz CT molecular complexity index is 898. The molecule has 0 atom stereocenters. The fourth-order valence-corrected chi connectivity index (χ4v) is 3.89. The number of fused-ring (bicyclic) bond motifs is 1. The minimum Gasteiger partial charge on any atom is -0.351 e. The van der Waals surface area contributed by atoms with Gasteiger partial charge in [-0.05, 0) is 44.6 Å². The summed E-state index contributed by atoms with van der Waals surface area (Å²) in [6.45, 7) is 11.3. The summed E-state index contributed by atoms with van der Waals surface area (Å²) in [5.74, 6) is 0.0472. The van der Waals surface area contributed by atoms with Gasteiger partial charge in [0.1, 0.15) is 0 Å². The molecule has 0 aliphatic carbocycles. The topological polar surface area (TPSA) is 62.5 Å². The summed E-state index contributed by atoms with van der Waals surface area (Å²) in [6, 6.07) is 7.80. The molecule has 138 valence electrons. The number of carbonyl (C=O) groups excluding carboxylic acids is 1. The number of hydrogen-bond donors (Lipinski definition) is 0. The third-order valence-corrected chi connectivity index (χ3v) is 5.42. The average molecular weight is 372 g/mol. The van der Waals surface area contributed by atoms with E-state index >= 15 is 0 Å². The highest BCUT2D eigenvalue weighted by molar-refractivity contribution is 7.22. The fourth-order valence-electron chi connectivity index (χ4n) is 2.80. The Kier molecular flexibility index (Phi) is 5.68. The fraction of sp³-hybridized carbons (Fsp3) is 0.421. The van der Waals surface area contributed by atoms with Crippen LogP contribution in [0.4, 0.5) is 5.13 Å². The molecule has 0 saturated heterocycles. The third kappa shape index (κ3) is 3.94. The zero-order valence-corrected chi connectivity index (χ0v) is 16.5. The van der Waals surface area contributed by atoms with E-state index in [0.29, 0.717) is 17.4 Å². The first kappa shape index (κ1) is 18.5. The smallest absolute Gasteiger partial charge is 0.298 e. The lowest BCUT2D eigenvalue weighted by molar-refractivity contribution is 0.0948. The summed E-state index contributed by atoms with van der Waals surface area (Å²) in [7, 11) is 0. The van der Waals surface area contributed by atoms with E-state index in [-0.39, 0.29) is 11.7 Å². The van der Waals surface area contributed by atoms with Gasteiger partial charge in [0.2, 0.25) is 5.76 Å². The second-order valence-electron chi connectivity index (χ2n) is 6.28. The molecule has 1 amide bonds. The van der Waals surface area contributed by atoms with Crippen LogP contribution >= 0.6 is 11.3 Å². The van der Waals surface area contributed by atoms with E-state index in [0.717, 1.165) is 29.9 Å². The predicted molar refractivity (Wildman–Crippen MR) is 105 cm³/mol. The maximum atomic E-state index is 13.0. The highest BCUT2D eigenvalue weighted by Gasteiger charge is 2.25. The minimum atomic E-state index is -0.200. The molecule has 0 unspecified atom stereocenters. The number of aryl methyl sites for hydroxylation is 2. The molecule has 6 nitrogen and oxygen atoms in total. The van der Waals surface area contributed by atoms with Gasteiger partial charge in [-0.2, -0.15) is 0 Å². The Balaban J connectivity index is 1.93. The quantitative estimate of drug-likeness (QED) is 0.630. The molecule has 0 spiro atoms. The average Bonchev–Trinajstić information content (AvgIpc) is 3.24. The molecule has 0 aliphatic heterocycles. The van der Waals surface area contributed by atoms with Crippen molar-refractivity contribution >= 4 is 32.6 Å². The van der Waals surface area contributed by atoms with Gasteiger partial charge in [-0.15, -0.1) is 0 Å². The monoisotopic (exact) mass is 372 g/mol. The number of rotatable bonds is 7. The van der Waals surface area contributed by atoms with Crippen molar-refractivity contribution in [1.82, 2.24) is 15.0 Å². The van der Waals surface area contributed by atoms with Crippen molar-refractivity contribution in [2.75, 3.05) is 31.1 Å². The number of carbonyl (C=O) groups is 1. The first-order valence-electron chi connectivity index (χ1n) is 8.86. The van der Waals surface area contributed by atoms with Crippen LogP contribution in [0.1, 0.15) is 35.7 Å². The summed E-state index contributed by atoms with van der Waals surface area (Å²) < 4.78 is 6.28.